The molecule has 2 aliphatic rings. The lowest BCUT2D eigenvalue weighted by Gasteiger charge is -2.17. The number of benzene rings is 2. The maximum atomic E-state index is 14.4. The van der Waals surface area contributed by atoms with Gasteiger partial charge in [0.2, 0.25) is 0 Å². The molecule has 0 saturated carbocycles. The second kappa shape index (κ2) is 14.0. The van der Waals surface area contributed by atoms with Gasteiger partial charge in [-0.1, -0.05) is 44.3 Å². The van der Waals surface area contributed by atoms with Crippen LogP contribution in [-0.2, 0) is 11.0 Å². The van der Waals surface area contributed by atoms with Gasteiger partial charge in [0.1, 0.15) is 22.8 Å². The minimum Gasteiger partial charge on any atom is -0.494 e. The highest BCUT2D eigenvalue weighted by molar-refractivity contribution is 5.83. The molecule has 0 bridgehead atoms. The van der Waals surface area contributed by atoms with Gasteiger partial charge in [-0.15, -0.1) is 0 Å². The van der Waals surface area contributed by atoms with Gasteiger partial charge in [0.25, 0.3) is 5.91 Å². The maximum absolute atomic E-state index is 14.4. The molecule has 1 N–H and O–H groups in total. The molecule has 9 nitrogen and oxygen atoms in total. The fourth-order valence-corrected chi connectivity index (χ4v) is 4.85. The van der Waals surface area contributed by atoms with Gasteiger partial charge in [0.05, 0.1) is 30.1 Å². The lowest BCUT2D eigenvalue weighted by atomic mass is 10.0. The molecule has 1 unspecified atom stereocenters. The summed E-state index contributed by atoms with van der Waals surface area (Å²) in [6, 6.07) is 7.13. The van der Waals surface area contributed by atoms with E-state index in [0.717, 1.165) is 31.4 Å². The number of halogens is 5. The van der Waals surface area contributed by atoms with Crippen molar-refractivity contribution in [2.75, 3.05) is 13.2 Å². The average Bonchev–Trinajstić information content (AvgIpc) is 3.68. The SMILES string of the molecule is CCCCCCNC(=O)C(c1cc(-c2ccc(OCCC)cc2C(F)(F)F)no1)n1cc2nc(-c3cccc(F)c3F)nc-2cn1. The summed E-state index contributed by atoms with van der Waals surface area (Å²) in [4.78, 5) is 22.1. The zero-order chi connectivity index (χ0) is 32.8. The number of aromatic nitrogens is 5. The minimum atomic E-state index is -4.73. The molecular weight excluding hydrogens is 611 g/mol. The van der Waals surface area contributed by atoms with E-state index in [0.29, 0.717) is 19.4 Å². The van der Waals surface area contributed by atoms with Crippen LogP contribution in [0.4, 0.5) is 22.0 Å². The zero-order valence-corrected chi connectivity index (χ0v) is 25.1. The number of hydrogen-bond donors (Lipinski definition) is 1. The first kappa shape index (κ1) is 32.5. The molecule has 1 atom stereocenters. The van der Waals surface area contributed by atoms with Gasteiger partial charge in [-0.25, -0.2) is 18.7 Å². The molecule has 0 fully saturated rings. The van der Waals surface area contributed by atoms with E-state index >= 15 is 0 Å². The molecule has 46 heavy (non-hydrogen) atoms. The van der Waals surface area contributed by atoms with Crippen molar-refractivity contribution in [3.05, 3.63) is 77.8 Å². The molecule has 3 heterocycles. The van der Waals surface area contributed by atoms with Crippen molar-refractivity contribution in [2.24, 2.45) is 0 Å². The Hall–Kier alpha value is -4.88. The van der Waals surface area contributed by atoms with E-state index in [9.17, 15) is 26.7 Å². The number of carbonyl (C=O) groups is 1. The van der Waals surface area contributed by atoms with Crippen molar-refractivity contribution >= 4 is 5.91 Å². The molecule has 3 aromatic rings. The summed E-state index contributed by atoms with van der Waals surface area (Å²) in [5.74, 6) is -2.84. The Balaban J connectivity index is 1.52. The molecule has 14 heteroatoms. The molecule has 0 aliphatic carbocycles. The molecule has 1 aromatic heterocycles. The summed E-state index contributed by atoms with van der Waals surface area (Å²) in [6.07, 6.45) is 2.15. The van der Waals surface area contributed by atoms with Crippen molar-refractivity contribution < 1.29 is 36.0 Å². The summed E-state index contributed by atoms with van der Waals surface area (Å²) in [7, 11) is 0. The minimum absolute atomic E-state index is 0.0586. The first-order valence-electron chi connectivity index (χ1n) is 14.9. The number of nitrogens with one attached hydrogen (secondary N) is 1. The zero-order valence-electron chi connectivity index (χ0n) is 25.1. The Labute approximate surface area is 261 Å². The van der Waals surface area contributed by atoms with Gasteiger partial charge in [0, 0.05) is 18.2 Å². The lowest BCUT2D eigenvalue weighted by Crippen LogP contribution is -2.34. The number of hydrogen-bond acceptors (Lipinski definition) is 7. The fourth-order valence-electron chi connectivity index (χ4n) is 4.85. The number of rotatable bonds is 13. The van der Waals surface area contributed by atoms with E-state index in [1.807, 2.05) is 6.92 Å². The van der Waals surface area contributed by atoms with Crippen molar-refractivity contribution in [3.63, 3.8) is 0 Å². The molecule has 242 valence electrons. The Morgan fingerprint density at radius 3 is 2.54 bits per heavy atom. The van der Waals surface area contributed by atoms with Gasteiger partial charge in [-0.05, 0) is 43.2 Å². The van der Waals surface area contributed by atoms with Gasteiger partial charge in [0.15, 0.2) is 29.3 Å². The topological polar surface area (TPSA) is 108 Å². The predicted molar refractivity (Wildman–Crippen MR) is 158 cm³/mol. The van der Waals surface area contributed by atoms with Crippen LogP contribution in [0.5, 0.6) is 5.75 Å². The third-order valence-electron chi connectivity index (χ3n) is 7.16. The normalized spacial score (nSPS) is 12.4. The highest BCUT2D eigenvalue weighted by atomic mass is 19.4. The van der Waals surface area contributed by atoms with Crippen LogP contribution in [0.1, 0.15) is 63.3 Å². The van der Waals surface area contributed by atoms with E-state index in [4.69, 9.17) is 9.26 Å². The summed E-state index contributed by atoms with van der Waals surface area (Å²) >= 11 is 0. The van der Waals surface area contributed by atoms with Crippen LogP contribution < -0.4 is 10.1 Å². The van der Waals surface area contributed by atoms with Crippen molar-refractivity contribution in [1.29, 1.82) is 0 Å². The first-order valence-corrected chi connectivity index (χ1v) is 14.9. The number of carbonyl (C=O) groups excluding carboxylic acids is 1. The standard InChI is InChI=1S/C32H31F5N6O3/c1-3-5-6-7-13-38-31(44)29(43-18-26-25(17-39-43)40-30(41-26)21-9-8-10-23(33)28(21)34)27-16-24(42-46-27)20-12-11-19(45-14-4-2)15-22(20)32(35,36)37/h8-12,15-18,29H,3-7,13-14H2,1-2H3,(H,38,44). The highest BCUT2D eigenvalue weighted by Gasteiger charge is 2.36. The van der Waals surface area contributed by atoms with Crippen molar-refractivity contribution in [3.8, 4) is 39.8 Å². The van der Waals surface area contributed by atoms with E-state index < -0.39 is 35.3 Å². The summed E-state index contributed by atoms with van der Waals surface area (Å²) < 4.78 is 82.7. The highest BCUT2D eigenvalue weighted by Crippen LogP contribution is 2.40. The molecule has 0 spiro atoms. The Morgan fingerprint density at radius 2 is 1.78 bits per heavy atom. The third kappa shape index (κ3) is 7.16. The number of fused-ring (bicyclic) bond motifs is 1. The summed E-state index contributed by atoms with van der Waals surface area (Å²) in [6.45, 7) is 4.49. The van der Waals surface area contributed by atoms with Crippen LogP contribution >= 0.6 is 0 Å². The van der Waals surface area contributed by atoms with Gasteiger partial charge < -0.3 is 14.6 Å². The van der Waals surface area contributed by atoms with E-state index in [1.165, 1.54) is 47.4 Å². The number of amides is 1. The molecule has 1 amide bonds. The third-order valence-corrected chi connectivity index (χ3v) is 7.16. The quantitative estimate of drug-likeness (QED) is 0.105. The van der Waals surface area contributed by atoms with E-state index in [2.05, 4.69) is 32.5 Å². The summed E-state index contributed by atoms with van der Waals surface area (Å²) in [5, 5.41) is 11.0. The smallest absolute Gasteiger partial charge is 0.417 e. The van der Waals surface area contributed by atoms with Gasteiger partial charge in [-0.3, -0.25) is 9.48 Å². The van der Waals surface area contributed by atoms with Crippen molar-refractivity contribution in [1.82, 2.24) is 30.2 Å². The Kier molecular flexibility index (Phi) is 9.93. The number of ether oxygens (including phenoxy) is 1. The van der Waals surface area contributed by atoms with Gasteiger partial charge >= 0.3 is 6.18 Å². The number of nitrogens with zero attached hydrogens (tertiary/aromatic N) is 5. The largest absolute Gasteiger partial charge is 0.494 e. The van der Waals surface area contributed by atoms with E-state index in [1.54, 1.807) is 0 Å². The van der Waals surface area contributed by atoms with Gasteiger partial charge in [-0.2, -0.15) is 18.3 Å². The average molecular weight is 643 g/mol. The second-order valence-electron chi connectivity index (χ2n) is 10.6. The lowest BCUT2D eigenvalue weighted by molar-refractivity contribution is -0.137. The molecule has 5 rings (SSSR count). The Morgan fingerprint density at radius 1 is 0.978 bits per heavy atom. The molecule has 0 radical (unpaired) electrons. The van der Waals surface area contributed by atoms with E-state index in [-0.39, 0.29) is 52.1 Å². The first-order chi connectivity index (χ1) is 22.1. The molecule has 2 aromatic carbocycles. The molecule has 2 aliphatic heterocycles. The van der Waals surface area contributed by atoms with Crippen LogP contribution in [0.2, 0.25) is 0 Å². The summed E-state index contributed by atoms with van der Waals surface area (Å²) in [5.41, 5.74) is -1.10. The van der Waals surface area contributed by atoms with Crippen LogP contribution in [0.3, 0.4) is 0 Å². The van der Waals surface area contributed by atoms with Crippen LogP contribution in [0.15, 0.2) is 59.4 Å². The molecular formula is C32H31F5N6O3. The van der Waals surface area contributed by atoms with Crippen LogP contribution in [0, 0.1) is 11.6 Å². The number of alkyl halides is 3. The van der Waals surface area contributed by atoms with Crippen molar-refractivity contribution in [2.45, 2.75) is 58.2 Å². The number of imidazole rings is 1. The number of unbranched alkanes of at least 4 members (excludes halogenated alkanes) is 3. The Bertz CT molecular complexity index is 1770. The predicted octanol–water partition coefficient (Wildman–Crippen LogP) is 7.47. The van der Waals surface area contributed by atoms with Crippen LogP contribution in [0.25, 0.3) is 34.0 Å². The van der Waals surface area contributed by atoms with Crippen LogP contribution in [-0.4, -0.2) is 44.0 Å². The maximum Gasteiger partial charge on any atom is 0.417 e. The monoisotopic (exact) mass is 642 g/mol. The fraction of sp³-hybridized carbons (Fsp3) is 0.344. The second-order valence-corrected chi connectivity index (χ2v) is 10.6. The molecule has 0 saturated heterocycles.